The van der Waals surface area contributed by atoms with Gasteiger partial charge in [-0.1, -0.05) is 0 Å². The molecule has 1 N–H and O–H groups in total. The summed E-state index contributed by atoms with van der Waals surface area (Å²) < 4.78 is 30.6. The maximum atomic E-state index is 13.8. The fraction of sp³-hybridized carbons (Fsp3) is 0.158. The fourth-order valence-corrected chi connectivity index (χ4v) is 2.91. The summed E-state index contributed by atoms with van der Waals surface area (Å²) in [6.07, 6.45) is 3.01. The van der Waals surface area contributed by atoms with Gasteiger partial charge in [-0.2, -0.15) is 10.1 Å². The molecular formula is C19H15FN4O5. The summed E-state index contributed by atoms with van der Waals surface area (Å²) in [6.45, 7) is 0.0110. The highest BCUT2D eigenvalue weighted by molar-refractivity contribution is 6.02. The van der Waals surface area contributed by atoms with Crippen molar-refractivity contribution in [3.05, 3.63) is 59.4 Å². The minimum Gasteiger partial charge on any atom is -0.481 e. The van der Waals surface area contributed by atoms with E-state index in [2.05, 4.69) is 20.1 Å². The predicted molar refractivity (Wildman–Crippen MR) is 98.2 cm³/mol. The molecule has 0 aliphatic rings. The Bertz CT molecular complexity index is 1250. The Morgan fingerprint density at radius 1 is 1.24 bits per heavy atom. The van der Waals surface area contributed by atoms with Crippen LogP contribution in [0, 0.1) is 5.82 Å². The van der Waals surface area contributed by atoms with Crippen molar-refractivity contribution in [2.24, 2.45) is 0 Å². The van der Waals surface area contributed by atoms with Crippen molar-refractivity contribution in [2.45, 2.75) is 6.54 Å². The van der Waals surface area contributed by atoms with E-state index in [9.17, 15) is 14.0 Å². The zero-order valence-electron chi connectivity index (χ0n) is 15.4. The third-order valence-electron chi connectivity index (χ3n) is 4.26. The largest absolute Gasteiger partial charge is 0.481 e. The highest BCUT2D eigenvalue weighted by Crippen LogP contribution is 2.25. The van der Waals surface area contributed by atoms with Crippen molar-refractivity contribution < 1.29 is 27.9 Å². The number of carbonyl (C=O) groups excluding carboxylic acids is 2. The van der Waals surface area contributed by atoms with E-state index in [1.807, 2.05) is 0 Å². The van der Waals surface area contributed by atoms with Crippen molar-refractivity contribution in [3.8, 4) is 5.88 Å². The number of esters is 1. The van der Waals surface area contributed by atoms with Crippen LogP contribution >= 0.6 is 0 Å². The van der Waals surface area contributed by atoms with Gasteiger partial charge in [0.05, 0.1) is 27.0 Å². The summed E-state index contributed by atoms with van der Waals surface area (Å²) in [5.74, 6) is -1.06. The van der Waals surface area contributed by atoms with Crippen molar-refractivity contribution in [1.82, 2.24) is 19.9 Å². The summed E-state index contributed by atoms with van der Waals surface area (Å²) in [4.78, 5) is 28.6. The van der Waals surface area contributed by atoms with E-state index in [0.29, 0.717) is 22.7 Å². The van der Waals surface area contributed by atoms with E-state index < -0.39 is 17.7 Å². The van der Waals surface area contributed by atoms with Gasteiger partial charge in [0, 0.05) is 17.6 Å². The van der Waals surface area contributed by atoms with Crippen LogP contribution in [0.15, 0.2) is 41.1 Å². The number of rotatable bonds is 5. The van der Waals surface area contributed by atoms with E-state index in [4.69, 9.17) is 9.15 Å². The van der Waals surface area contributed by atoms with E-state index in [1.165, 1.54) is 31.0 Å². The van der Waals surface area contributed by atoms with Crippen LogP contribution in [0.25, 0.3) is 16.6 Å². The van der Waals surface area contributed by atoms with Gasteiger partial charge in [0.15, 0.2) is 5.65 Å². The molecule has 0 radical (unpaired) electrons. The number of fused-ring (bicyclic) bond motifs is 2. The molecule has 4 rings (SSSR count). The maximum absolute atomic E-state index is 13.8. The van der Waals surface area contributed by atoms with Gasteiger partial charge >= 0.3 is 5.97 Å². The third kappa shape index (κ3) is 3.35. The SMILES string of the molecule is COC(=O)c1cc(F)cc2cc(CNC(=O)c3cnn4ccc(OC)nc34)oc12. The molecule has 29 heavy (non-hydrogen) atoms. The Kier molecular flexibility index (Phi) is 4.59. The normalized spacial score (nSPS) is 11.0. The first-order valence-electron chi connectivity index (χ1n) is 8.47. The second-order valence-electron chi connectivity index (χ2n) is 6.05. The minimum atomic E-state index is -0.717. The quantitative estimate of drug-likeness (QED) is 0.514. The molecule has 1 aromatic carbocycles. The predicted octanol–water partition coefficient (Wildman–Crippen LogP) is 2.34. The van der Waals surface area contributed by atoms with Crippen LogP contribution in [0.3, 0.4) is 0 Å². The number of hydrogen-bond donors (Lipinski definition) is 1. The van der Waals surface area contributed by atoms with Gasteiger partial charge in [-0.25, -0.2) is 13.7 Å². The number of carbonyl (C=O) groups is 2. The molecule has 148 valence electrons. The number of furan rings is 1. The summed E-state index contributed by atoms with van der Waals surface area (Å²) in [5.41, 5.74) is 0.742. The molecule has 0 spiro atoms. The molecule has 9 nitrogen and oxygen atoms in total. The standard InChI is InChI=1S/C19H15FN4O5/c1-27-15-3-4-24-17(23-15)14(9-22-24)18(25)21-8-12-6-10-5-11(20)7-13(16(10)29-12)19(26)28-2/h3-7,9H,8H2,1-2H3,(H,21,25). The van der Waals surface area contributed by atoms with Gasteiger partial charge in [-0.3, -0.25) is 4.79 Å². The lowest BCUT2D eigenvalue weighted by Crippen LogP contribution is -2.22. The van der Waals surface area contributed by atoms with Crippen LogP contribution in [0.5, 0.6) is 5.88 Å². The number of methoxy groups -OCH3 is 2. The number of aromatic nitrogens is 3. The Balaban J connectivity index is 1.58. The number of ether oxygens (including phenoxy) is 2. The summed E-state index contributed by atoms with van der Waals surface area (Å²) in [6, 6.07) is 5.44. The Labute approximate surface area is 163 Å². The van der Waals surface area contributed by atoms with E-state index in [1.54, 1.807) is 18.3 Å². The van der Waals surface area contributed by atoms with Gasteiger partial charge in [0.1, 0.15) is 28.3 Å². The molecule has 1 amide bonds. The third-order valence-corrected chi connectivity index (χ3v) is 4.26. The Hall–Kier alpha value is -3.95. The molecule has 0 unspecified atom stereocenters. The Morgan fingerprint density at radius 2 is 2.07 bits per heavy atom. The summed E-state index contributed by atoms with van der Waals surface area (Å²) in [5, 5.41) is 7.15. The molecule has 4 aromatic rings. The zero-order chi connectivity index (χ0) is 20.5. The van der Waals surface area contributed by atoms with Crippen molar-refractivity contribution in [3.63, 3.8) is 0 Å². The lowest BCUT2D eigenvalue weighted by atomic mass is 10.1. The molecular weight excluding hydrogens is 383 g/mol. The summed E-state index contributed by atoms with van der Waals surface area (Å²) >= 11 is 0. The van der Waals surface area contributed by atoms with Gasteiger partial charge in [-0.05, 0) is 18.2 Å². The second kappa shape index (κ2) is 7.23. The highest BCUT2D eigenvalue weighted by atomic mass is 19.1. The fourth-order valence-electron chi connectivity index (χ4n) is 2.91. The highest BCUT2D eigenvalue weighted by Gasteiger charge is 2.19. The average Bonchev–Trinajstić information content (AvgIpc) is 3.33. The van der Waals surface area contributed by atoms with Crippen LogP contribution in [-0.4, -0.2) is 40.7 Å². The smallest absolute Gasteiger partial charge is 0.341 e. The van der Waals surface area contributed by atoms with Crippen LogP contribution < -0.4 is 10.1 Å². The van der Waals surface area contributed by atoms with Crippen LogP contribution in [0.4, 0.5) is 4.39 Å². The molecule has 10 heteroatoms. The van der Waals surface area contributed by atoms with Gasteiger partial charge in [0.2, 0.25) is 5.88 Å². The maximum Gasteiger partial charge on any atom is 0.341 e. The number of hydrogen-bond acceptors (Lipinski definition) is 7. The first kappa shape index (κ1) is 18.4. The van der Waals surface area contributed by atoms with Crippen molar-refractivity contribution in [2.75, 3.05) is 14.2 Å². The van der Waals surface area contributed by atoms with Crippen molar-refractivity contribution >= 4 is 28.5 Å². The molecule has 3 aromatic heterocycles. The van der Waals surface area contributed by atoms with E-state index in [0.717, 1.165) is 6.07 Å². The van der Waals surface area contributed by atoms with Gasteiger partial charge in [0.25, 0.3) is 5.91 Å². The molecule has 3 heterocycles. The molecule has 0 aliphatic heterocycles. The second-order valence-corrected chi connectivity index (χ2v) is 6.05. The van der Waals surface area contributed by atoms with Crippen molar-refractivity contribution in [1.29, 1.82) is 0 Å². The molecule has 0 bridgehead atoms. The Morgan fingerprint density at radius 3 is 2.83 bits per heavy atom. The number of amides is 1. The number of nitrogens with zero attached hydrogens (tertiary/aromatic N) is 3. The topological polar surface area (TPSA) is 108 Å². The molecule has 0 saturated heterocycles. The molecule has 0 atom stereocenters. The number of nitrogens with one attached hydrogen (secondary N) is 1. The zero-order valence-corrected chi connectivity index (χ0v) is 15.4. The van der Waals surface area contributed by atoms with Crippen LogP contribution in [-0.2, 0) is 11.3 Å². The first-order valence-corrected chi connectivity index (χ1v) is 8.47. The average molecular weight is 398 g/mol. The lowest BCUT2D eigenvalue weighted by Gasteiger charge is -2.03. The minimum absolute atomic E-state index is 0.0110. The number of halogens is 1. The van der Waals surface area contributed by atoms with Crippen LogP contribution in [0.2, 0.25) is 0 Å². The van der Waals surface area contributed by atoms with E-state index >= 15 is 0 Å². The number of benzene rings is 1. The van der Waals surface area contributed by atoms with Gasteiger partial charge < -0.3 is 19.2 Å². The summed E-state index contributed by atoms with van der Waals surface area (Å²) in [7, 11) is 2.67. The molecule has 0 aliphatic carbocycles. The molecule has 0 fully saturated rings. The van der Waals surface area contributed by atoms with Gasteiger partial charge in [-0.15, -0.1) is 0 Å². The van der Waals surface area contributed by atoms with Crippen LogP contribution in [0.1, 0.15) is 26.5 Å². The molecule has 0 saturated carbocycles. The van der Waals surface area contributed by atoms with E-state index in [-0.39, 0.29) is 23.3 Å². The monoisotopic (exact) mass is 398 g/mol. The lowest BCUT2D eigenvalue weighted by molar-refractivity contribution is 0.0601. The first-order chi connectivity index (χ1) is 14.0.